The maximum atomic E-state index is 11.8. The Kier molecular flexibility index (Phi) is 4.35. The van der Waals surface area contributed by atoms with Crippen LogP contribution in [0.2, 0.25) is 0 Å². The van der Waals surface area contributed by atoms with Crippen LogP contribution in [0, 0.1) is 0 Å². The highest BCUT2D eigenvalue weighted by atomic mass is 16.6. The molecule has 1 N–H and O–H groups in total. The standard InChI is InChI=1S/C15H19NO5/c1-3-6-16(10-17)15(2,14(18)19)11-4-5-12-13(9-11)21-8-7-20-12/h4-5,9-10H,3,6-8H2,1-2H3,(H,18,19). The zero-order valence-electron chi connectivity index (χ0n) is 12.2. The number of benzene rings is 1. The molecule has 0 bridgehead atoms. The largest absolute Gasteiger partial charge is 0.486 e. The molecule has 1 aliphatic rings. The van der Waals surface area contributed by atoms with Gasteiger partial charge in [-0.2, -0.15) is 0 Å². The number of carboxylic acid groups (broad SMARTS) is 1. The number of carbonyl (C=O) groups is 2. The maximum Gasteiger partial charge on any atom is 0.334 e. The minimum atomic E-state index is -1.44. The van der Waals surface area contributed by atoms with E-state index in [0.717, 1.165) is 0 Å². The van der Waals surface area contributed by atoms with Gasteiger partial charge in [0, 0.05) is 6.54 Å². The average Bonchev–Trinajstić information content (AvgIpc) is 2.51. The number of hydrogen-bond acceptors (Lipinski definition) is 4. The maximum absolute atomic E-state index is 11.8. The van der Waals surface area contributed by atoms with Gasteiger partial charge in [-0.25, -0.2) is 4.79 Å². The van der Waals surface area contributed by atoms with Gasteiger partial charge in [-0.3, -0.25) is 4.79 Å². The Bertz CT molecular complexity index is 545. The predicted octanol–water partition coefficient (Wildman–Crippen LogP) is 1.63. The minimum absolute atomic E-state index is 0.362. The summed E-state index contributed by atoms with van der Waals surface area (Å²) >= 11 is 0. The molecule has 1 aromatic rings. The third-order valence-electron chi connectivity index (χ3n) is 3.69. The number of hydrogen-bond donors (Lipinski definition) is 1. The molecule has 1 amide bonds. The lowest BCUT2D eigenvalue weighted by atomic mass is 9.89. The van der Waals surface area contributed by atoms with Crippen LogP contribution >= 0.6 is 0 Å². The molecule has 0 saturated heterocycles. The molecule has 1 atom stereocenters. The van der Waals surface area contributed by atoms with Gasteiger partial charge >= 0.3 is 5.97 Å². The van der Waals surface area contributed by atoms with Gasteiger partial charge in [0.25, 0.3) is 0 Å². The SMILES string of the molecule is CCCN(C=O)C(C)(C(=O)O)c1ccc2c(c1)OCCO2. The fraction of sp³-hybridized carbons (Fsp3) is 0.467. The molecule has 0 fully saturated rings. The van der Waals surface area contributed by atoms with Crippen LogP contribution in [0.5, 0.6) is 11.5 Å². The van der Waals surface area contributed by atoms with E-state index in [9.17, 15) is 14.7 Å². The van der Waals surface area contributed by atoms with Crippen molar-refractivity contribution < 1.29 is 24.2 Å². The topological polar surface area (TPSA) is 76.1 Å². The molecule has 6 heteroatoms. The number of carbonyl (C=O) groups excluding carboxylic acids is 1. The Balaban J connectivity index is 2.46. The first kappa shape index (κ1) is 15.2. The van der Waals surface area contributed by atoms with Crippen molar-refractivity contribution in [3.8, 4) is 11.5 Å². The van der Waals surface area contributed by atoms with Crippen molar-refractivity contribution in [2.24, 2.45) is 0 Å². The molecule has 0 aliphatic carbocycles. The number of rotatable bonds is 6. The molecule has 1 aliphatic heterocycles. The van der Waals surface area contributed by atoms with Gasteiger partial charge in [-0.05, 0) is 31.0 Å². The van der Waals surface area contributed by atoms with Crippen LogP contribution in [0.4, 0.5) is 0 Å². The van der Waals surface area contributed by atoms with Crippen LogP contribution in [0.15, 0.2) is 18.2 Å². The van der Waals surface area contributed by atoms with E-state index in [4.69, 9.17) is 9.47 Å². The first-order valence-electron chi connectivity index (χ1n) is 6.89. The molecule has 0 saturated carbocycles. The Hall–Kier alpha value is -2.24. The first-order valence-corrected chi connectivity index (χ1v) is 6.89. The van der Waals surface area contributed by atoms with E-state index in [1.807, 2.05) is 6.92 Å². The number of amides is 1. The molecule has 114 valence electrons. The molecular formula is C15H19NO5. The van der Waals surface area contributed by atoms with E-state index >= 15 is 0 Å². The summed E-state index contributed by atoms with van der Waals surface area (Å²) < 4.78 is 10.9. The molecule has 21 heavy (non-hydrogen) atoms. The molecule has 0 radical (unpaired) electrons. The summed E-state index contributed by atoms with van der Waals surface area (Å²) in [6, 6.07) is 4.97. The summed E-state index contributed by atoms with van der Waals surface area (Å²) in [5.74, 6) is 0.0131. The predicted molar refractivity (Wildman–Crippen MR) is 75.5 cm³/mol. The van der Waals surface area contributed by atoms with E-state index in [1.165, 1.54) is 11.8 Å². The summed E-state index contributed by atoms with van der Waals surface area (Å²) in [4.78, 5) is 24.4. The summed E-state index contributed by atoms with van der Waals surface area (Å²) in [5.41, 5.74) is -0.951. The fourth-order valence-electron chi connectivity index (χ4n) is 2.38. The van der Waals surface area contributed by atoms with Crippen LogP contribution in [0.3, 0.4) is 0 Å². The highest BCUT2D eigenvalue weighted by Crippen LogP contribution is 2.36. The third kappa shape index (κ3) is 2.66. The summed E-state index contributed by atoms with van der Waals surface area (Å²) in [7, 11) is 0. The highest BCUT2D eigenvalue weighted by molar-refractivity contribution is 5.83. The van der Waals surface area contributed by atoms with Crippen LogP contribution in [-0.2, 0) is 15.1 Å². The zero-order valence-corrected chi connectivity index (χ0v) is 12.2. The normalized spacial score (nSPS) is 15.9. The molecule has 2 rings (SSSR count). The molecule has 1 unspecified atom stereocenters. The van der Waals surface area contributed by atoms with Gasteiger partial charge in [-0.15, -0.1) is 0 Å². The van der Waals surface area contributed by atoms with Crippen LogP contribution in [0.25, 0.3) is 0 Å². The van der Waals surface area contributed by atoms with Crippen molar-refractivity contribution in [2.75, 3.05) is 19.8 Å². The minimum Gasteiger partial charge on any atom is -0.486 e. The van der Waals surface area contributed by atoms with Gasteiger partial charge in [0.2, 0.25) is 6.41 Å². The van der Waals surface area contributed by atoms with E-state index < -0.39 is 11.5 Å². The Morgan fingerprint density at radius 2 is 2.05 bits per heavy atom. The van der Waals surface area contributed by atoms with E-state index in [-0.39, 0.29) is 0 Å². The zero-order chi connectivity index (χ0) is 15.5. The fourth-order valence-corrected chi connectivity index (χ4v) is 2.38. The van der Waals surface area contributed by atoms with Crippen molar-refractivity contribution >= 4 is 12.4 Å². The van der Waals surface area contributed by atoms with Gasteiger partial charge in [0.15, 0.2) is 17.0 Å². The lowest BCUT2D eigenvalue weighted by molar-refractivity contribution is -0.154. The van der Waals surface area contributed by atoms with Crippen molar-refractivity contribution in [3.05, 3.63) is 23.8 Å². The van der Waals surface area contributed by atoms with Gasteiger partial charge in [0.05, 0.1) is 0 Å². The number of fused-ring (bicyclic) bond motifs is 1. The molecule has 6 nitrogen and oxygen atoms in total. The molecule has 1 aromatic carbocycles. The summed E-state index contributed by atoms with van der Waals surface area (Å²) in [6.07, 6.45) is 1.25. The van der Waals surface area contributed by atoms with Crippen LogP contribution < -0.4 is 9.47 Å². The molecule has 0 spiro atoms. The second kappa shape index (κ2) is 6.03. The third-order valence-corrected chi connectivity index (χ3v) is 3.69. The number of carboxylic acids is 1. The Morgan fingerprint density at radius 1 is 1.38 bits per heavy atom. The molecular weight excluding hydrogens is 274 g/mol. The Labute approximate surface area is 123 Å². The number of nitrogens with zero attached hydrogens (tertiary/aromatic N) is 1. The van der Waals surface area contributed by atoms with Crippen molar-refractivity contribution in [2.45, 2.75) is 25.8 Å². The van der Waals surface area contributed by atoms with Crippen LogP contribution in [-0.4, -0.2) is 42.1 Å². The van der Waals surface area contributed by atoms with Crippen LogP contribution in [0.1, 0.15) is 25.8 Å². The quantitative estimate of drug-likeness (QED) is 0.807. The van der Waals surface area contributed by atoms with Gasteiger partial charge < -0.3 is 19.5 Å². The van der Waals surface area contributed by atoms with E-state index in [0.29, 0.717) is 49.7 Å². The smallest absolute Gasteiger partial charge is 0.334 e. The van der Waals surface area contributed by atoms with Crippen molar-refractivity contribution in [1.82, 2.24) is 4.90 Å². The number of ether oxygens (including phenoxy) is 2. The van der Waals surface area contributed by atoms with Crippen molar-refractivity contribution in [3.63, 3.8) is 0 Å². The monoisotopic (exact) mass is 293 g/mol. The highest BCUT2D eigenvalue weighted by Gasteiger charge is 2.41. The van der Waals surface area contributed by atoms with Gasteiger partial charge in [-0.1, -0.05) is 13.0 Å². The van der Waals surface area contributed by atoms with Gasteiger partial charge in [0.1, 0.15) is 13.2 Å². The Morgan fingerprint density at radius 3 is 2.62 bits per heavy atom. The number of aliphatic carboxylic acids is 1. The lowest BCUT2D eigenvalue weighted by Gasteiger charge is -2.36. The van der Waals surface area contributed by atoms with Crippen molar-refractivity contribution in [1.29, 1.82) is 0 Å². The van der Waals surface area contributed by atoms with E-state index in [1.54, 1.807) is 18.2 Å². The molecule has 0 aromatic heterocycles. The van der Waals surface area contributed by atoms with E-state index in [2.05, 4.69) is 0 Å². The molecule has 1 heterocycles. The lowest BCUT2D eigenvalue weighted by Crippen LogP contribution is -2.49. The second-order valence-corrected chi connectivity index (χ2v) is 5.03. The summed E-state index contributed by atoms with van der Waals surface area (Å²) in [5, 5.41) is 9.65. The second-order valence-electron chi connectivity index (χ2n) is 5.03. The average molecular weight is 293 g/mol. The first-order chi connectivity index (χ1) is 10.0. The summed E-state index contributed by atoms with van der Waals surface area (Å²) in [6.45, 7) is 4.67.